The molecule has 0 unspecified atom stereocenters. The van der Waals surface area contributed by atoms with Crippen LogP contribution in [0.4, 0.5) is 5.69 Å². The van der Waals surface area contributed by atoms with Crippen LogP contribution in [0, 0.1) is 0 Å². The molecule has 15 heavy (non-hydrogen) atoms. The van der Waals surface area contributed by atoms with Crippen LogP contribution in [0.2, 0.25) is 0 Å². The number of aliphatic hydroxyl groups excluding tert-OH is 1. The summed E-state index contributed by atoms with van der Waals surface area (Å²) in [5.74, 6) is 1.38. The predicted molar refractivity (Wildman–Crippen MR) is 56.2 cm³/mol. The molecule has 0 spiro atoms. The van der Waals surface area contributed by atoms with E-state index in [1.165, 1.54) is 0 Å². The van der Waals surface area contributed by atoms with Gasteiger partial charge in [0.1, 0.15) is 18.1 Å². The number of hydrogen-bond donors (Lipinski definition) is 2. The lowest BCUT2D eigenvalue weighted by molar-refractivity contribution is 0.244. The zero-order chi connectivity index (χ0) is 10.5. The van der Waals surface area contributed by atoms with Gasteiger partial charge >= 0.3 is 0 Å². The molecule has 0 aromatic carbocycles. The Hall–Kier alpha value is -1.81. The minimum Gasteiger partial charge on any atom is -0.462 e. The predicted octanol–water partition coefficient (Wildman–Crippen LogP) is 1.78. The van der Waals surface area contributed by atoms with Crippen LogP contribution in [-0.2, 0) is 13.2 Å². The minimum absolute atomic E-state index is 0.0626. The molecule has 0 saturated heterocycles. The van der Waals surface area contributed by atoms with Crippen molar-refractivity contribution in [2.24, 2.45) is 0 Å². The Morgan fingerprint density at radius 1 is 1.27 bits per heavy atom. The maximum absolute atomic E-state index is 8.81. The summed E-state index contributed by atoms with van der Waals surface area (Å²) < 4.78 is 5.32. The molecule has 2 aromatic heterocycles. The van der Waals surface area contributed by atoms with Crippen molar-refractivity contribution >= 4 is 5.69 Å². The van der Waals surface area contributed by atoms with E-state index in [9.17, 15) is 0 Å². The standard InChI is InChI=1S/C11H12N2O2/c14-8-11-4-3-10(15-11)7-13-9-2-1-5-12-6-9/h1-6,13-14H,7-8H2. The van der Waals surface area contributed by atoms with Crippen LogP contribution in [0.25, 0.3) is 0 Å². The van der Waals surface area contributed by atoms with Gasteiger partial charge < -0.3 is 14.8 Å². The molecule has 0 bridgehead atoms. The zero-order valence-corrected chi connectivity index (χ0v) is 8.18. The van der Waals surface area contributed by atoms with Crippen LogP contribution in [-0.4, -0.2) is 10.1 Å². The second-order valence-electron chi connectivity index (χ2n) is 3.12. The Labute approximate surface area is 87.6 Å². The Balaban J connectivity index is 1.93. The number of pyridine rings is 1. The van der Waals surface area contributed by atoms with Gasteiger partial charge in [-0.1, -0.05) is 0 Å². The van der Waals surface area contributed by atoms with Crippen LogP contribution >= 0.6 is 0 Å². The third-order valence-electron chi connectivity index (χ3n) is 2.00. The van der Waals surface area contributed by atoms with Gasteiger partial charge in [-0.25, -0.2) is 0 Å². The fraction of sp³-hybridized carbons (Fsp3) is 0.182. The molecule has 0 aliphatic rings. The highest BCUT2D eigenvalue weighted by atomic mass is 16.4. The quantitative estimate of drug-likeness (QED) is 0.797. The minimum atomic E-state index is -0.0626. The SMILES string of the molecule is OCc1ccc(CNc2cccnc2)o1. The van der Waals surface area contributed by atoms with Gasteiger partial charge in [0.05, 0.1) is 12.2 Å². The lowest BCUT2D eigenvalue weighted by atomic mass is 10.4. The van der Waals surface area contributed by atoms with Gasteiger partial charge in [-0.3, -0.25) is 4.98 Å². The molecule has 4 nitrogen and oxygen atoms in total. The van der Waals surface area contributed by atoms with Crippen molar-refractivity contribution in [3.8, 4) is 0 Å². The van der Waals surface area contributed by atoms with Crippen molar-refractivity contribution in [3.05, 3.63) is 48.2 Å². The van der Waals surface area contributed by atoms with Crippen molar-refractivity contribution in [3.63, 3.8) is 0 Å². The van der Waals surface area contributed by atoms with Crippen molar-refractivity contribution in [2.45, 2.75) is 13.2 Å². The lowest BCUT2D eigenvalue weighted by Crippen LogP contribution is -1.97. The summed E-state index contributed by atoms with van der Waals surface area (Å²) in [4.78, 5) is 3.99. The van der Waals surface area contributed by atoms with E-state index in [4.69, 9.17) is 9.52 Å². The van der Waals surface area contributed by atoms with Crippen LogP contribution in [0.1, 0.15) is 11.5 Å². The third-order valence-corrected chi connectivity index (χ3v) is 2.00. The number of nitrogens with one attached hydrogen (secondary N) is 1. The van der Waals surface area contributed by atoms with Crippen LogP contribution in [0.5, 0.6) is 0 Å². The number of nitrogens with zero attached hydrogens (tertiary/aromatic N) is 1. The first kappa shape index (κ1) is 9.73. The number of rotatable bonds is 4. The van der Waals surface area contributed by atoms with Gasteiger partial charge in [0.2, 0.25) is 0 Å². The molecule has 0 amide bonds. The van der Waals surface area contributed by atoms with Crippen LogP contribution < -0.4 is 5.32 Å². The van der Waals surface area contributed by atoms with E-state index < -0.39 is 0 Å². The molecule has 2 N–H and O–H groups in total. The number of aliphatic hydroxyl groups is 1. The van der Waals surface area contributed by atoms with E-state index in [-0.39, 0.29) is 6.61 Å². The molecule has 2 aromatic rings. The molecular weight excluding hydrogens is 192 g/mol. The lowest BCUT2D eigenvalue weighted by Gasteiger charge is -2.02. The smallest absolute Gasteiger partial charge is 0.129 e. The summed E-state index contributed by atoms with van der Waals surface area (Å²) >= 11 is 0. The van der Waals surface area contributed by atoms with Crippen LogP contribution in [0.15, 0.2) is 41.1 Å². The van der Waals surface area contributed by atoms with Crippen molar-refractivity contribution in [1.29, 1.82) is 0 Å². The molecule has 2 heterocycles. The van der Waals surface area contributed by atoms with E-state index in [0.29, 0.717) is 12.3 Å². The van der Waals surface area contributed by atoms with E-state index >= 15 is 0 Å². The normalized spacial score (nSPS) is 10.2. The highest BCUT2D eigenvalue weighted by molar-refractivity contribution is 5.39. The maximum atomic E-state index is 8.81. The van der Waals surface area contributed by atoms with Crippen molar-refractivity contribution < 1.29 is 9.52 Å². The Morgan fingerprint density at radius 3 is 2.80 bits per heavy atom. The first-order valence-electron chi connectivity index (χ1n) is 4.71. The molecule has 2 rings (SSSR count). The summed E-state index contributed by atoms with van der Waals surface area (Å²) in [6, 6.07) is 7.40. The summed E-state index contributed by atoms with van der Waals surface area (Å²) in [6.45, 7) is 0.526. The van der Waals surface area contributed by atoms with Gasteiger partial charge in [-0.05, 0) is 24.3 Å². The van der Waals surface area contributed by atoms with Gasteiger partial charge in [-0.15, -0.1) is 0 Å². The number of anilines is 1. The van der Waals surface area contributed by atoms with Gasteiger partial charge in [0.15, 0.2) is 0 Å². The molecule has 78 valence electrons. The summed E-state index contributed by atoms with van der Waals surface area (Å²) in [5, 5.41) is 12.0. The molecule has 0 radical (unpaired) electrons. The highest BCUT2D eigenvalue weighted by Crippen LogP contribution is 2.10. The summed E-state index contributed by atoms with van der Waals surface area (Å²) in [7, 11) is 0. The second kappa shape index (κ2) is 4.61. The third kappa shape index (κ3) is 2.57. The van der Waals surface area contributed by atoms with Gasteiger partial charge in [0, 0.05) is 12.4 Å². The van der Waals surface area contributed by atoms with E-state index in [1.807, 2.05) is 18.2 Å². The molecule has 0 atom stereocenters. The van der Waals surface area contributed by atoms with Gasteiger partial charge in [0.25, 0.3) is 0 Å². The molecule has 0 fully saturated rings. The summed E-state index contributed by atoms with van der Waals surface area (Å²) in [5.41, 5.74) is 0.944. The van der Waals surface area contributed by atoms with Crippen LogP contribution in [0.3, 0.4) is 0 Å². The topological polar surface area (TPSA) is 58.3 Å². The molecule has 4 heteroatoms. The Bertz CT molecular complexity index is 412. The summed E-state index contributed by atoms with van der Waals surface area (Å²) in [6.07, 6.45) is 3.47. The fourth-order valence-corrected chi connectivity index (χ4v) is 1.26. The van der Waals surface area contributed by atoms with E-state index in [2.05, 4.69) is 10.3 Å². The van der Waals surface area contributed by atoms with Crippen molar-refractivity contribution in [1.82, 2.24) is 4.98 Å². The highest BCUT2D eigenvalue weighted by Gasteiger charge is 2.00. The first-order chi connectivity index (χ1) is 7.38. The average Bonchev–Trinajstić information content (AvgIpc) is 2.76. The molecule has 0 saturated carbocycles. The fourth-order valence-electron chi connectivity index (χ4n) is 1.26. The first-order valence-corrected chi connectivity index (χ1v) is 4.71. The molecule has 0 aliphatic heterocycles. The maximum Gasteiger partial charge on any atom is 0.129 e. The van der Waals surface area contributed by atoms with Gasteiger partial charge in [-0.2, -0.15) is 0 Å². The monoisotopic (exact) mass is 204 g/mol. The Morgan fingerprint density at radius 2 is 2.13 bits per heavy atom. The average molecular weight is 204 g/mol. The number of furan rings is 1. The van der Waals surface area contributed by atoms with E-state index in [1.54, 1.807) is 18.5 Å². The molecular formula is C11H12N2O2. The van der Waals surface area contributed by atoms with E-state index in [0.717, 1.165) is 11.4 Å². The zero-order valence-electron chi connectivity index (χ0n) is 8.18. The second-order valence-corrected chi connectivity index (χ2v) is 3.12. The van der Waals surface area contributed by atoms with Crippen molar-refractivity contribution in [2.75, 3.05) is 5.32 Å². The number of hydrogen-bond acceptors (Lipinski definition) is 4. The number of aromatic nitrogens is 1. The molecule has 0 aliphatic carbocycles. The Kier molecular flexibility index (Phi) is 2.99. The largest absolute Gasteiger partial charge is 0.462 e.